The van der Waals surface area contributed by atoms with Gasteiger partial charge in [0.1, 0.15) is 22.0 Å². The minimum absolute atomic E-state index is 0.0833. The van der Waals surface area contributed by atoms with E-state index in [2.05, 4.69) is 4.98 Å². The molecule has 0 spiro atoms. The minimum Gasteiger partial charge on any atom is -0.392 e. The Labute approximate surface area is 215 Å². The zero-order chi connectivity index (χ0) is 26.5. The van der Waals surface area contributed by atoms with Crippen LogP contribution < -0.4 is 0 Å². The smallest absolute Gasteiger partial charge is 0.158 e. The van der Waals surface area contributed by atoms with E-state index in [1.54, 1.807) is 55.8 Å². The van der Waals surface area contributed by atoms with Gasteiger partial charge in [-0.05, 0) is 62.1 Å². The fraction of sp³-hybridized carbons (Fsp3) is 0.296. The topological polar surface area (TPSA) is 92.4 Å². The van der Waals surface area contributed by atoms with E-state index in [1.165, 1.54) is 18.4 Å². The Bertz CT molecular complexity index is 1480. The maximum atomic E-state index is 14.4. The van der Waals surface area contributed by atoms with Crippen LogP contribution in [-0.4, -0.2) is 39.2 Å². The van der Waals surface area contributed by atoms with Crippen LogP contribution in [0, 0.1) is 5.82 Å². The van der Waals surface area contributed by atoms with Gasteiger partial charge in [-0.15, -0.1) is 0 Å². The molecule has 0 amide bonds. The van der Waals surface area contributed by atoms with Gasteiger partial charge in [-0.1, -0.05) is 48.0 Å². The lowest BCUT2D eigenvalue weighted by atomic mass is 9.87. The highest BCUT2D eigenvalue weighted by molar-refractivity contribution is 7.92. The van der Waals surface area contributed by atoms with E-state index in [0.29, 0.717) is 5.70 Å². The standard InChI is InChI=1S/C27H28ClFN2O4S/c1-26(2,33)22-15-31(25(30-22)20-6-5-7-21(29)24(20)28)23-13-12-19(14-27(23,3)36(4,34)35)18-10-8-17(16-32)9-11-18/h5-13,15,32-33H,14,16H2,1-4H3. The summed E-state index contributed by atoms with van der Waals surface area (Å²) in [6.45, 7) is 4.69. The molecule has 0 fully saturated rings. The first-order chi connectivity index (χ1) is 16.8. The molecule has 1 aromatic heterocycles. The quantitative estimate of drug-likeness (QED) is 0.457. The molecular formula is C27H28ClFN2O4S. The fourth-order valence-electron chi connectivity index (χ4n) is 4.27. The van der Waals surface area contributed by atoms with Crippen molar-refractivity contribution in [3.05, 3.63) is 88.5 Å². The predicted molar refractivity (Wildman–Crippen MR) is 140 cm³/mol. The molecule has 4 rings (SSSR count). The van der Waals surface area contributed by atoms with Crippen molar-refractivity contribution in [2.24, 2.45) is 0 Å². The maximum Gasteiger partial charge on any atom is 0.158 e. The van der Waals surface area contributed by atoms with Crippen LogP contribution in [0.25, 0.3) is 22.7 Å². The molecule has 3 aromatic rings. The number of halogens is 2. The summed E-state index contributed by atoms with van der Waals surface area (Å²) >= 11 is 6.29. The Morgan fingerprint density at radius 2 is 1.83 bits per heavy atom. The van der Waals surface area contributed by atoms with Crippen molar-refractivity contribution in [3.63, 3.8) is 0 Å². The van der Waals surface area contributed by atoms with Gasteiger partial charge in [0.25, 0.3) is 0 Å². The first kappa shape index (κ1) is 26.3. The van der Waals surface area contributed by atoms with Crippen molar-refractivity contribution >= 4 is 32.7 Å². The van der Waals surface area contributed by atoms with E-state index in [-0.39, 0.29) is 35.1 Å². The van der Waals surface area contributed by atoms with E-state index in [9.17, 15) is 23.0 Å². The summed E-state index contributed by atoms with van der Waals surface area (Å²) < 4.78 is 41.1. The van der Waals surface area contributed by atoms with Gasteiger partial charge in [0.15, 0.2) is 9.84 Å². The number of hydrogen-bond acceptors (Lipinski definition) is 5. The van der Waals surface area contributed by atoms with Crippen LogP contribution in [0.15, 0.2) is 60.8 Å². The Kier molecular flexibility index (Phi) is 6.77. The number of hydrogen-bond donors (Lipinski definition) is 2. The molecule has 2 N–H and O–H groups in total. The van der Waals surface area contributed by atoms with Gasteiger partial charge < -0.3 is 14.8 Å². The summed E-state index contributed by atoms with van der Waals surface area (Å²) in [4.78, 5) is 4.55. The van der Waals surface area contributed by atoms with E-state index < -0.39 is 26.0 Å². The van der Waals surface area contributed by atoms with Gasteiger partial charge in [0, 0.05) is 23.7 Å². The lowest BCUT2D eigenvalue weighted by Gasteiger charge is -2.35. The highest BCUT2D eigenvalue weighted by Crippen LogP contribution is 2.44. The number of nitrogens with zero attached hydrogens (tertiary/aromatic N) is 2. The van der Waals surface area contributed by atoms with Gasteiger partial charge in [0.05, 0.1) is 17.3 Å². The Morgan fingerprint density at radius 3 is 2.42 bits per heavy atom. The summed E-state index contributed by atoms with van der Waals surface area (Å²) in [6, 6.07) is 11.6. The van der Waals surface area contributed by atoms with Crippen LogP contribution in [-0.2, 0) is 22.0 Å². The Morgan fingerprint density at radius 1 is 1.17 bits per heavy atom. The first-order valence-corrected chi connectivity index (χ1v) is 13.6. The SMILES string of the molecule is CC(C)(O)c1cn(C2=CC=C(c3ccc(CO)cc3)CC2(C)S(C)(=O)=O)c(-c2cccc(F)c2Cl)n1. The zero-order valence-corrected chi connectivity index (χ0v) is 22.0. The Balaban J connectivity index is 1.97. The third-order valence-corrected chi connectivity index (χ3v) is 9.00. The second-order valence-corrected chi connectivity index (χ2v) is 12.6. The van der Waals surface area contributed by atoms with Crippen LogP contribution >= 0.6 is 11.6 Å². The normalized spacial score (nSPS) is 18.7. The molecule has 0 radical (unpaired) electrons. The summed E-state index contributed by atoms with van der Waals surface area (Å²) in [5, 5.41) is 19.9. The number of benzene rings is 2. The summed E-state index contributed by atoms with van der Waals surface area (Å²) in [7, 11) is -3.69. The molecule has 0 saturated heterocycles. The number of aliphatic hydroxyl groups is 2. The third kappa shape index (κ3) is 4.66. The number of allylic oxidation sites excluding steroid dienone is 3. The zero-order valence-electron chi connectivity index (χ0n) is 20.5. The average Bonchev–Trinajstić information content (AvgIpc) is 3.25. The molecule has 36 heavy (non-hydrogen) atoms. The van der Waals surface area contributed by atoms with Crippen molar-refractivity contribution < 1.29 is 23.0 Å². The molecule has 9 heteroatoms. The van der Waals surface area contributed by atoms with Crippen molar-refractivity contribution in [3.8, 4) is 11.4 Å². The predicted octanol–water partition coefficient (Wildman–Crippen LogP) is 5.19. The largest absolute Gasteiger partial charge is 0.392 e. The van der Waals surface area contributed by atoms with Crippen molar-refractivity contribution in [2.45, 2.75) is 44.1 Å². The van der Waals surface area contributed by atoms with Gasteiger partial charge in [-0.25, -0.2) is 17.8 Å². The summed E-state index contributed by atoms with van der Waals surface area (Å²) in [5.74, 6) is -0.410. The van der Waals surface area contributed by atoms with E-state index in [0.717, 1.165) is 16.7 Å². The average molecular weight is 531 g/mol. The lowest BCUT2D eigenvalue weighted by Crippen LogP contribution is -2.39. The number of rotatable bonds is 6. The second kappa shape index (κ2) is 9.27. The van der Waals surface area contributed by atoms with Crippen LogP contribution in [0.3, 0.4) is 0 Å². The summed E-state index contributed by atoms with van der Waals surface area (Å²) in [5.41, 5.74) is 2.03. The molecule has 1 heterocycles. The molecule has 1 aliphatic rings. The van der Waals surface area contributed by atoms with Crippen LogP contribution in [0.5, 0.6) is 0 Å². The van der Waals surface area contributed by atoms with Crippen molar-refractivity contribution in [1.82, 2.24) is 9.55 Å². The van der Waals surface area contributed by atoms with E-state index in [1.807, 2.05) is 18.2 Å². The third-order valence-electron chi connectivity index (χ3n) is 6.62. The van der Waals surface area contributed by atoms with Crippen LogP contribution in [0.1, 0.15) is 44.0 Å². The van der Waals surface area contributed by atoms with Gasteiger partial charge in [-0.2, -0.15) is 0 Å². The molecular weight excluding hydrogens is 503 g/mol. The highest BCUT2D eigenvalue weighted by Gasteiger charge is 2.44. The molecule has 6 nitrogen and oxygen atoms in total. The van der Waals surface area contributed by atoms with Gasteiger partial charge in [-0.3, -0.25) is 0 Å². The molecule has 0 aliphatic heterocycles. The highest BCUT2D eigenvalue weighted by atomic mass is 35.5. The molecule has 0 saturated carbocycles. The minimum atomic E-state index is -3.69. The molecule has 1 atom stereocenters. The molecule has 1 unspecified atom stereocenters. The fourth-order valence-corrected chi connectivity index (χ4v) is 5.45. The Hall–Kier alpha value is -2.78. The van der Waals surface area contributed by atoms with Crippen molar-refractivity contribution in [1.29, 1.82) is 0 Å². The molecule has 190 valence electrons. The number of aromatic nitrogens is 2. The lowest BCUT2D eigenvalue weighted by molar-refractivity contribution is 0.0743. The van der Waals surface area contributed by atoms with E-state index >= 15 is 0 Å². The molecule has 2 aromatic carbocycles. The second-order valence-electron chi connectivity index (χ2n) is 9.76. The van der Waals surface area contributed by atoms with E-state index in [4.69, 9.17) is 11.6 Å². The monoisotopic (exact) mass is 530 g/mol. The maximum absolute atomic E-state index is 14.4. The molecule has 0 bridgehead atoms. The number of aliphatic hydroxyl groups excluding tert-OH is 1. The van der Waals surface area contributed by atoms with Crippen molar-refractivity contribution in [2.75, 3.05) is 6.26 Å². The van der Waals surface area contributed by atoms with Crippen LogP contribution in [0.4, 0.5) is 4.39 Å². The summed E-state index contributed by atoms with van der Waals surface area (Å²) in [6.07, 6.45) is 6.48. The number of imidazole rings is 1. The van der Waals surface area contributed by atoms with Gasteiger partial charge >= 0.3 is 0 Å². The van der Waals surface area contributed by atoms with Gasteiger partial charge in [0.2, 0.25) is 0 Å². The molecule has 1 aliphatic carbocycles. The first-order valence-electron chi connectivity index (χ1n) is 11.3. The van der Waals surface area contributed by atoms with Crippen LogP contribution in [0.2, 0.25) is 5.02 Å². The number of sulfone groups is 1.